The minimum absolute atomic E-state index is 0.183. The molecule has 1 fully saturated rings. The fourth-order valence-corrected chi connectivity index (χ4v) is 2.88. The lowest BCUT2D eigenvalue weighted by Crippen LogP contribution is -2.43. The number of hydrogen-bond donors (Lipinski definition) is 1. The summed E-state index contributed by atoms with van der Waals surface area (Å²) in [6.45, 7) is 5.49. The van der Waals surface area contributed by atoms with Crippen LogP contribution in [0.3, 0.4) is 0 Å². The smallest absolute Gasteiger partial charge is 0.410 e. The van der Waals surface area contributed by atoms with Gasteiger partial charge in [-0.15, -0.1) is 0 Å². The van der Waals surface area contributed by atoms with Gasteiger partial charge in [0.1, 0.15) is 6.61 Å². The molecule has 0 bridgehead atoms. The lowest BCUT2D eigenvalue weighted by molar-refractivity contribution is -0.151. The van der Waals surface area contributed by atoms with Gasteiger partial charge in [0.25, 0.3) is 0 Å². The van der Waals surface area contributed by atoms with Crippen molar-refractivity contribution in [2.45, 2.75) is 19.3 Å². The van der Waals surface area contributed by atoms with Crippen LogP contribution in [0.25, 0.3) is 0 Å². The van der Waals surface area contributed by atoms with Gasteiger partial charge in [-0.2, -0.15) is 0 Å². The van der Waals surface area contributed by atoms with Crippen LogP contribution in [0.4, 0.5) is 4.79 Å². The summed E-state index contributed by atoms with van der Waals surface area (Å²) in [5.41, 5.74) is 0.0844. The Balaban J connectivity index is 2.05. The second-order valence-electron chi connectivity index (χ2n) is 5.29. The predicted octanol–water partition coefficient (Wildman–Crippen LogP) is 1.82. The van der Waals surface area contributed by atoms with Gasteiger partial charge in [0.15, 0.2) is 0 Å². The van der Waals surface area contributed by atoms with Gasteiger partial charge in [-0.1, -0.05) is 24.3 Å². The third kappa shape index (κ3) is 3.26. The first-order valence-electron chi connectivity index (χ1n) is 7.13. The molecule has 6 nitrogen and oxygen atoms in total. The van der Waals surface area contributed by atoms with Crippen LogP contribution in [0, 0.1) is 5.41 Å². The van der Waals surface area contributed by atoms with Crippen molar-refractivity contribution >= 4 is 12.1 Å². The van der Waals surface area contributed by atoms with E-state index in [1.54, 1.807) is 4.90 Å². The van der Waals surface area contributed by atoms with Gasteiger partial charge in [0, 0.05) is 26.3 Å². The van der Waals surface area contributed by atoms with Gasteiger partial charge in [-0.25, -0.2) is 4.79 Å². The third-order valence-electron chi connectivity index (χ3n) is 4.16. The molecule has 0 atom stereocenters. The Bertz CT molecular complexity index is 451. The molecule has 116 valence electrons. The van der Waals surface area contributed by atoms with Gasteiger partial charge < -0.3 is 19.5 Å². The molecule has 2 aliphatic rings. The third-order valence-corrected chi connectivity index (χ3v) is 4.16. The maximum Gasteiger partial charge on any atom is 0.410 e. The molecule has 2 aliphatic heterocycles. The molecule has 0 aromatic carbocycles. The normalized spacial score (nSPS) is 21.3. The van der Waals surface area contributed by atoms with Gasteiger partial charge in [0.05, 0.1) is 5.41 Å². The molecule has 0 spiro atoms. The largest absolute Gasteiger partial charge is 0.481 e. The minimum atomic E-state index is -0.824. The van der Waals surface area contributed by atoms with Gasteiger partial charge in [0.2, 0.25) is 0 Å². The molecule has 6 heteroatoms. The van der Waals surface area contributed by atoms with Crippen LogP contribution < -0.4 is 0 Å². The topological polar surface area (TPSA) is 76.1 Å². The van der Waals surface area contributed by atoms with Crippen LogP contribution in [-0.2, 0) is 14.3 Å². The molecule has 1 amide bonds. The Morgan fingerprint density at radius 3 is 2.71 bits per heavy atom. The molecular weight excluding hydrogens is 274 g/mol. The molecule has 0 aromatic heterocycles. The van der Waals surface area contributed by atoms with Crippen molar-refractivity contribution < 1.29 is 24.2 Å². The lowest BCUT2D eigenvalue weighted by atomic mass is 9.71. The average Bonchev–Trinajstić information content (AvgIpc) is 2.53. The van der Waals surface area contributed by atoms with E-state index in [1.807, 2.05) is 6.08 Å². The number of carbonyl (C=O) groups is 2. The van der Waals surface area contributed by atoms with Crippen molar-refractivity contribution in [3.8, 4) is 0 Å². The van der Waals surface area contributed by atoms with E-state index in [-0.39, 0.29) is 12.7 Å². The molecule has 1 N–H and O–H groups in total. The van der Waals surface area contributed by atoms with Crippen molar-refractivity contribution in [1.29, 1.82) is 0 Å². The molecule has 1 saturated heterocycles. The van der Waals surface area contributed by atoms with Crippen molar-refractivity contribution in [3.63, 3.8) is 0 Å². The van der Waals surface area contributed by atoms with Crippen LogP contribution in [-0.4, -0.2) is 55.0 Å². The molecule has 2 rings (SSSR count). The number of carboxylic acids is 1. The number of carbonyl (C=O) groups excluding carboxylic acids is 1. The summed E-state index contributed by atoms with van der Waals surface area (Å²) in [6, 6.07) is 0. The van der Waals surface area contributed by atoms with Gasteiger partial charge in [-0.05, 0) is 19.3 Å². The number of aliphatic carboxylic acids is 1. The van der Waals surface area contributed by atoms with E-state index in [0.29, 0.717) is 45.6 Å². The van der Waals surface area contributed by atoms with Crippen molar-refractivity contribution in [1.82, 2.24) is 4.90 Å². The molecule has 0 aromatic rings. The molecule has 0 unspecified atom stereocenters. The predicted molar refractivity (Wildman–Crippen MR) is 75.9 cm³/mol. The summed E-state index contributed by atoms with van der Waals surface area (Å²) in [7, 11) is 0. The summed E-state index contributed by atoms with van der Waals surface area (Å²) in [5, 5.41) is 9.62. The standard InChI is InChI=1S/C15H21NO5/c1-2-9-21-14(19)16-7-3-12(4-8-16)15(13(17)18)5-10-20-11-6-15/h2-3H,1,4-11H2,(H,17,18). The number of rotatable bonds is 4. The summed E-state index contributed by atoms with van der Waals surface area (Å²) in [5.74, 6) is -0.792. The van der Waals surface area contributed by atoms with E-state index in [2.05, 4.69) is 6.58 Å². The summed E-state index contributed by atoms with van der Waals surface area (Å²) in [4.78, 5) is 25.0. The van der Waals surface area contributed by atoms with E-state index in [9.17, 15) is 14.7 Å². The molecule has 0 aliphatic carbocycles. The molecule has 0 radical (unpaired) electrons. The van der Waals surface area contributed by atoms with E-state index in [4.69, 9.17) is 9.47 Å². The first-order valence-corrected chi connectivity index (χ1v) is 7.13. The lowest BCUT2D eigenvalue weighted by Gasteiger charge is -2.38. The monoisotopic (exact) mass is 295 g/mol. The molecule has 0 saturated carbocycles. The molecular formula is C15H21NO5. The zero-order valence-corrected chi connectivity index (χ0v) is 12.0. The van der Waals surface area contributed by atoms with Crippen LogP contribution in [0.2, 0.25) is 0 Å². The Kier molecular flexibility index (Phi) is 5.01. The fourth-order valence-electron chi connectivity index (χ4n) is 2.88. The average molecular weight is 295 g/mol. The number of carboxylic acid groups (broad SMARTS) is 1. The van der Waals surface area contributed by atoms with Crippen molar-refractivity contribution in [2.75, 3.05) is 32.9 Å². The fraction of sp³-hybridized carbons (Fsp3) is 0.600. The van der Waals surface area contributed by atoms with Crippen LogP contribution in [0.5, 0.6) is 0 Å². The summed E-state index contributed by atoms with van der Waals surface area (Å²) in [6.07, 6.45) is 4.55. The number of nitrogens with zero attached hydrogens (tertiary/aromatic N) is 1. The first-order chi connectivity index (χ1) is 10.1. The highest BCUT2D eigenvalue weighted by molar-refractivity contribution is 5.79. The first kappa shape index (κ1) is 15.6. The number of amides is 1. The number of hydrogen-bond acceptors (Lipinski definition) is 4. The minimum Gasteiger partial charge on any atom is -0.481 e. The second-order valence-corrected chi connectivity index (χ2v) is 5.29. The molecule has 21 heavy (non-hydrogen) atoms. The quantitative estimate of drug-likeness (QED) is 0.801. The van der Waals surface area contributed by atoms with Crippen LogP contribution in [0.1, 0.15) is 19.3 Å². The second kappa shape index (κ2) is 6.76. The SMILES string of the molecule is C=CCOC(=O)N1CC=C(C2(C(=O)O)CCOCC2)CC1. The Morgan fingerprint density at radius 2 is 2.19 bits per heavy atom. The highest BCUT2D eigenvalue weighted by atomic mass is 16.6. The van der Waals surface area contributed by atoms with Crippen LogP contribution in [0.15, 0.2) is 24.3 Å². The van der Waals surface area contributed by atoms with E-state index >= 15 is 0 Å². The summed E-state index contributed by atoms with van der Waals surface area (Å²) >= 11 is 0. The van der Waals surface area contributed by atoms with E-state index in [0.717, 1.165) is 5.57 Å². The Labute approximate surface area is 124 Å². The highest BCUT2D eigenvalue weighted by Crippen LogP contribution is 2.41. The summed E-state index contributed by atoms with van der Waals surface area (Å²) < 4.78 is 10.3. The zero-order chi connectivity index (χ0) is 15.3. The maximum atomic E-state index is 11.7. The highest BCUT2D eigenvalue weighted by Gasteiger charge is 2.44. The van der Waals surface area contributed by atoms with Gasteiger partial charge >= 0.3 is 12.1 Å². The Hall–Kier alpha value is -1.82. The molecule has 2 heterocycles. The van der Waals surface area contributed by atoms with E-state index < -0.39 is 11.4 Å². The van der Waals surface area contributed by atoms with Crippen molar-refractivity contribution in [2.24, 2.45) is 5.41 Å². The van der Waals surface area contributed by atoms with Crippen LogP contribution >= 0.6 is 0 Å². The van der Waals surface area contributed by atoms with Gasteiger partial charge in [-0.3, -0.25) is 4.79 Å². The zero-order valence-electron chi connectivity index (χ0n) is 12.0. The maximum absolute atomic E-state index is 11.7. The number of ether oxygens (including phenoxy) is 2. The van der Waals surface area contributed by atoms with E-state index in [1.165, 1.54) is 6.08 Å². The Morgan fingerprint density at radius 1 is 1.48 bits per heavy atom. The van der Waals surface area contributed by atoms with Crippen molar-refractivity contribution in [3.05, 3.63) is 24.3 Å².